The molecule has 3 N–H and O–H groups in total. The molecule has 1 aromatic carbocycles. The van der Waals surface area contributed by atoms with Crippen LogP contribution in [0.3, 0.4) is 0 Å². The number of halogens is 1. The molecule has 4 nitrogen and oxygen atoms in total. The van der Waals surface area contributed by atoms with E-state index < -0.39 is 21.1 Å². The summed E-state index contributed by atoms with van der Waals surface area (Å²) in [5, 5.41) is -0.627. The van der Waals surface area contributed by atoms with Gasteiger partial charge in [-0.2, -0.15) is 0 Å². The van der Waals surface area contributed by atoms with Crippen LogP contribution in [0.1, 0.15) is 13.8 Å². The number of sulfonamides is 1. The van der Waals surface area contributed by atoms with E-state index in [-0.39, 0.29) is 5.69 Å². The molecule has 0 saturated carbocycles. The molecule has 15 heavy (non-hydrogen) atoms. The van der Waals surface area contributed by atoms with Crippen molar-refractivity contribution in [2.45, 2.75) is 19.1 Å². The molecule has 6 heteroatoms. The number of hydrogen-bond acceptors (Lipinski definition) is 3. The second-order valence-electron chi connectivity index (χ2n) is 3.44. The van der Waals surface area contributed by atoms with Gasteiger partial charge in [-0.15, -0.1) is 0 Å². The zero-order valence-corrected chi connectivity index (χ0v) is 9.31. The van der Waals surface area contributed by atoms with Gasteiger partial charge in [-0.1, -0.05) is 0 Å². The molecule has 0 aliphatic carbocycles. The Kier molecular flexibility index (Phi) is 3.18. The Bertz CT molecular complexity index is 457. The van der Waals surface area contributed by atoms with E-state index in [1.807, 2.05) is 0 Å². The normalized spacial score (nSPS) is 11.7. The summed E-state index contributed by atoms with van der Waals surface area (Å²) in [5.74, 6) is -0.645. The fourth-order valence-electron chi connectivity index (χ4n) is 0.892. The highest BCUT2D eigenvalue weighted by Gasteiger charge is 2.17. The first kappa shape index (κ1) is 11.8. The lowest BCUT2D eigenvalue weighted by Gasteiger charge is -2.11. The molecule has 1 aromatic rings. The summed E-state index contributed by atoms with van der Waals surface area (Å²) in [6.45, 7) is 3.01. The third-order valence-corrected chi connectivity index (χ3v) is 3.61. The molecule has 0 aromatic heterocycles. The molecule has 0 unspecified atom stereocenters. The lowest BCUT2D eigenvalue weighted by Crippen LogP contribution is -2.23. The molecule has 1 rings (SSSR count). The number of hydrogen-bond donors (Lipinski definition) is 2. The predicted molar refractivity (Wildman–Crippen MR) is 58.5 cm³/mol. The summed E-state index contributed by atoms with van der Waals surface area (Å²) >= 11 is 0. The van der Waals surface area contributed by atoms with Crippen molar-refractivity contribution in [3.05, 3.63) is 24.0 Å². The second kappa shape index (κ2) is 4.06. The van der Waals surface area contributed by atoms with E-state index in [0.29, 0.717) is 5.69 Å². The molecule has 0 spiro atoms. The molecule has 0 fully saturated rings. The zero-order chi connectivity index (χ0) is 11.6. The van der Waals surface area contributed by atoms with E-state index in [1.165, 1.54) is 26.0 Å². The minimum atomic E-state index is -3.54. The summed E-state index contributed by atoms with van der Waals surface area (Å²) in [5.41, 5.74) is 5.60. The highest BCUT2D eigenvalue weighted by molar-refractivity contribution is 7.93. The van der Waals surface area contributed by atoms with Crippen LogP contribution in [0, 0.1) is 5.82 Å². The number of anilines is 2. The lowest BCUT2D eigenvalue weighted by molar-refractivity contribution is 0.590. The van der Waals surface area contributed by atoms with Crippen LogP contribution < -0.4 is 10.5 Å². The summed E-state index contributed by atoms with van der Waals surface area (Å²) in [6.07, 6.45) is 0. The first-order chi connectivity index (χ1) is 6.83. The van der Waals surface area contributed by atoms with Gasteiger partial charge in [0.1, 0.15) is 5.82 Å². The lowest BCUT2D eigenvalue weighted by atomic mass is 10.3. The second-order valence-corrected chi connectivity index (χ2v) is 5.67. The number of nitrogens with two attached hydrogens (primary N) is 1. The largest absolute Gasteiger partial charge is 0.399 e. The van der Waals surface area contributed by atoms with Gasteiger partial charge < -0.3 is 5.73 Å². The predicted octanol–water partition coefficient (Wildman–Crippen LogP) is 1.56. The minimum Gasteiger partial charge on any atom is -0.399 e. The van der Waals surface area contributed by atoms with E-state index in [9.17, 15) is 12.8 Å². The average Bonchev–Trinajstić information content (AvgIpc) is 2.10. The van der Waals surface area contributed by atoms with E-state index >= 15 is 0 Å². The van der Waals surface area contributed by atoms with Crippen molar-refractivity contribution in [1.82, 2.24) is 0 Å². The molecule has 0 atom stereocenters. The fourth-order valence-corrected chi connectivity index (χ4v) is 1.59. The van der Waals surface area contributed by atoms with E-state index in [0.717, 1.165) is 6.07 Å². The molecule has 0 amide bonds. The first-order valence-electron chi connectivity index (χ1n) is 4.39. The van der Waals surface area contributed by atoms with Crippen molar-refractivity contribution >= 4 is 21.4 Å². The van der Waals surface area contributed by atoms with Gasteiger partial charge >= 0.3 is 0 Å². The minimum absolute atomic E-state index is 0.122. The van der Waals surface area contributed by atoms with Crippen molar-refractivity contribution in [1.29, 1.82) is 0 Å². The Morgan fingerprint density at radius 2 is 2.00 bits per heavy atom. The van der Waals surface area contributed by atoms with Crippen molar-refractivity contribution in [2.75, 3.05) is 10.5 Å². The number of nitrogen functional groups attached to an aromatic ring is 1. The summed E-state index contributed by atoms with van der Waals surface area (Å²) < 4.78 is 38.2. The molecule has 0 aliphatic heterocycles. The molecular formula is C9H13FN2O2S. The smallest absolute Gasteiger partial charge is 0.235 e. The maximum atomic E-state index is 13.2. The van der Waals surface area contributed by atoms with Gasteiger partial charge in [0.15, 0.2) is 0 Å². The molecule has 0 heterocycles. The van der Waals surface area contributed by atoms with Gasteiger partial charge in [0, 0.05) is 5.69 Å². The average molecular weight is 232 g/mol. The van der Waals surface area contributed by atoms with Crippen LogP contribution in [-0.2, 0) is 10.0 Å². The Labute approximate surface area is 88.3 Å². The highest BCUT2D eigenvalue weighted by Crippen LogP contribution is 2.19. The van der Waals surface area contributed by atoms with Crippen LogP contribution in [0.15, 0.2) is 18.2 Å². The third kappa shape index (κ3) is 2.82. The fraction of sp³-hybridized carbons (Fsp3) is 0.333. The molecule has 0 aliphatic rings. The number of rotatable bonds is 3. The number of benzene rings is 1. The van der Waals surface area contributed by atoms with Gasteiger partial charge in [-0.05, 0) is 32.0 Å². The third-order valence-electron chi connectivity index (χ3n) is 1.86. The highest BCUT2D eigenvalue weighted by atomic mass is 32.2. The Morgan fingerprint density at radius 1 is 1.40 bits per heavy atom. The molecule has 84 valence electrons. The van der Waals surface area contributed by atoms with Crippen molar-refractivity contribution in [3.63, 3.8) is 0 Å². The molecular weight excluding hydrogens is 219 g/mol. The first-order valence-corrected chi connectivity index (χ1v) is 5.94. The van der Waals surface area contributed by atoms with Crippen LogP contribution >= 0.6 is 0 Å². The van der Waals surface area contributed by atoms with Gasteiger partial charge in [0.25, 0.3) is 0 Å². The quantitative estimate of drug-likeness (QED) is 0.777. The monoisotopic (exact) mass is 232 g/mol. The molecule has 0 radical (unpaired) electrons. The van der Waals surface area contributed by atoms with Crippen LogP contribution in [0.5, 0.6) is 0 Å². The van der Waals surface area contributed by atoms with Crippen molar-refractivity contribution in [2.24, 2.45) is 0 Å². The van der Waals surface area contributed by atoms with E-state index in [1.54, 1.807) is 0 Å². The van der Waals surface area contributed by atoms with Gasteiger partial charge in [-0.3, -0.25) is 4.72 Å². The van der Waals surface area contributed by atoms with Crippen molar-refractivity contribution < 1.29 is 12.8 Å². The van der Waals surface area contributed by atoms with E-state index in [2.05, 4.69) is 4.72 Å². The van der Waals surface area contributed by atoms with Gasteiger partial charge in [-0.25, -0.2) is 12.8 Å². The van der Waals surface area contributed by atoms with Crippen LogP contribution in [0.4, 0.5) is 15.8 Å². The van der Waals surface area contributed by atoms with Gasteiger partial charge in [0.2, 0.25) is 10.0 Å². The Balaban J connectivity index is 3.05. The van der Waals surface area contributed by atoms with E-state index in [4.69, 9.17) is 5.73 Å². The van der Waals surface area contributed by atoms with Crippen molar-refractivity contribution in [3.8, 4) is 0 Å². The Morgan fingerprint density at radius 3 is 2.53 bits per heavy atom. The van der Waals surface area contributed by atoms with Crippen LogP contribution in [0.25, 0.3) is 0 Å². The van der Waals surface area contributed by atoms with Crippen LogP contribution in [-0.4, -0.2) is 13.7 Å². The molecule has 0 saturated heterocycles. The summed E-state index contributed by atoms with van der Waals surface area (Å²) in [7, 11) is -3.54. The number of nitrogens with one attached hydrogen (secondary N) is 1. The van der Waals surface area contributed by atoms with Crippen LogP contribution in [0.2, 0.25) is 0 Å². The zero-order valence-electron chi connectivity index (χ0n) is 8.49. The Hall–Kier alpha value is -1.30. The standard InChI is InChI=1S/C9H13FN2O2S/c1-6(2)15(13,14)12-9-5-7(11)3-4-8(9)10/h3-6,12H,11H2,1-2H3. The maximum absolute atomic E-state index is 13.2. The maximum Gasteiger partial charge on any atom is 0.235 e. The topological polar surface area (TPSA) is 72.2 Å². The van der Waals surface area contributed by atoms with Gasteiger partial charge in [0.05, 0.1) is 10.9 Å². The summed E-state index contributed by atoms with van der Waals surface area (Å²) in [6, 6.07) is 3.73. The SMILES string of the molecule is CC(C)S(=O)(=O)Nc1cc(N)ccc1F. The molecule has 0 bridgehead atoms. The summed E-state index contributed by atoms with van der Waals surface area (Å²) in [4.78, 5) is 0.